The van der Waals surface area contributed by atoms with E-state index in [1.165, 1.54) is 25.7 Å². The Bertz CT molecular complexity index is 194. The summed E-state index contributed by atoms with van der Waals surface area (Å²) < 4.78 is 5.13. The molecule has 0 aromatic heterocycles. The second-order valence-corrected chi connectivity index (χ2v) is 5.31. The number of ether oxygens (including phenoxy) is 1. The van der Waals surface area contributed by atoms with Crippen LogP contribution in [0, 0.1) is 0 Å². The van der Waals surface area contributed by atoms with E-state index in [9.17, 15) is 4.79 Å². The van der Waals surface area contributed by atoms with E-state index in [1.54, 1.807) is 11.8 Å². The molecule has 0 heterocycles. The van der Waals surface area contributed by atoms with Crippen molar-refractivity contribution in [3.63, 3.8) is 0 Å². The first-order valence-corrected chi connectivity index (χ1v) is 8.03. The molecule has 5 heteroatoms. The van der Waals surface area contributed by atoms with Gasteiger partial charge in [-0.05, 0) is 24.9 Å². The molecule has 0 radical (unpaired) electrons. The zero-order valence-corrected chi connectivity index (χ0v) is 13.3. The SMILES string of the molecule is CCCCCCCCOC(=O)C(N)CCSC.[Cu+]. The summed E-state index contributed by atoms with van der Waals surface area (Å²) in [4.78, 5) is 11.4. The molecule has 0 aliphatic carbocycles. The van der Waals surface area contributed by atoms with Gasteiger partial charge in [0.15, 0.2) is 0 Å². The van der Waals surface area contributed by atoms with E-state index in [1.807, 2.05) is 6.26 Å². The van der Waals surface area contributed by atoms with Crippen molar-refractivity contribution in [3.05, 3.63) is 0 Å². The van der Waals surface area contributed by atoms with Gasteiger partial charge < -0.3 is 10.5 Å². The van der Waals surface area contributed by atoms with Gasteiger partial charge in [-0.25, -0.2) is 0 Å². The number of nitrogens with two attached hydrogens (primary N) is 1. The molecule has 18 heavy (non-hydrogen) atoms. The Labute approximate surface area is 126 Å². The van der Waals surface area contributed by atoms with Crippen LogP contribution < -0.4 is 5.73 Å². The molecule has 0 aromatic carbocycles. The Morgan fingerprint density at radius 3 is 2.44 bits per heavy atom. The van der Waals surface area contributed by atoms with Gasteiger partial charge in [-0.2, -0.15) is 11.8 Å². The van der Waals surface area contributed by atoms with Crippen LogP contribution >= 0.6 is 11.8 Å². The fourth-order valence-corrected chi connectivity index (χ4v) is 2.01. The molecule has 0 amide bonds. The zero-order chi connectivity index (χ0) is 12.9. The van der Waals surface area contributed by atoms with E-state index in [4.69, 9.17) is 10.5 Å². The first-order chi connectivity index (χ1) is 8.22. The van der Waals surface area contributed by atoms with Crippen LogP contribution in [0.5, 0.6) is 0 Å². The molecule has 0 spiro atoms. The van der Waals surface area contributed by atoms with Gasteiger partial charge in [-0.3, -0.25) is 4.79 Å². The third kappa shape index (κ3) is 12.7. The minimum atomic E-state index is -0.442. The second-order valence-electron chi connectivity index (χ2n) is 4.32. The smallest absolute Gasteiger partial charge is 0.465 e. The normalized spacial score (nSPS) is 11.7. The second kappa shape index (κ2) is 15.4. The predicted octanol–water partition coefficient (Wildman–Crippen LogP) is 2.97. The molecule has 112 valence electrons. The van der Waals surface area contributed by atoms with E-state index in [0.29, 0.717) is 13.0 Å². The maximum Gasteiger partial charge on any atom is 1.00 e. The van der Waals surface area contributed by atoms with E-state index < -0.39 is 6.04 Å². The van der Waals surface area contributed by atoms with Gasteiger partial charge in [0.2, 0.25) is 0 Å². The topological polar surface area (TPSA) is 52.3 Å². The summed E-state index contributed by atoms with van der Waals surface area (Å²) in [6, 6.07) is -0.442. The molecule has 1 unspecified atom stereocenters. The van der Waals surface area contributed by atoms with Crippen LogP contribution in [-0.4, -0.2) is 30.6 Å². The molecule has 3 nitrogen and oxygen atoms in total. The maximum atomic E-state index is 11.4. The standard InChI is InChI=1S/C13H27NO2S.Cu/c1-3-4-5-6-7-8-10-16-13(15)12(14)9-11-17-2;/h12H,3-11,14H2,1-2H3;/q;+1. The first kappa shape index (κ1) is 20.6. The van der Waals surface area contributed by atoms with Crippen LogP contribution in [0.3, 0.4) is 0 Å². The third-order valence-electron chi connectivity index (χ3n) is 2.68. The average molecular weight is 325 g/mol. The van der Waals surface area contributed by atoms with Crippen molar-refractivity contribution in [2.75, 3.05) is 18.6 Å². The van der Waals surface area contributed by atoms with Gasteiger partial charge in [-0.15, -0.1) is 0 Å². The monoisotopic (exact) mass is 324 g/mol. The number of hydrogen-bond acceptors (Lipinski definition) is 4. The molecule has 0 saturated heterocycles. The number of unbranched alkanes of at least 4 members (excludes halogenated alkanes) is 5. The Morgan fingerprint density at radius 2 is 1.83 bits per heavy atom. The molecular formula is C13H27CuNO2S+. The fraction of sp³-hybridized carbons (Fsp3) is 0.923. The Kier molecular flexibility index (Phi) is 17.6. The number of esters is 1. The van der Waals surface area contributed by atoms with Gasteiger partial charge in [-0.1, -0.05) is 39.0 Å². The van der Waals surface area contributed by atoms with Crippen molar-refractivity contribution in [2.24, 2.45) is 5.73 Å². The average Bonchev–Trinajstić information content (AvgIpc) is 2.34. The van der Waals surface area contributed by atoms with Crippen LogP contribution in [0.4, 0.5) is 0 Å². The molecule has 0 saturated carbocycles. The van der Waals surface area contributed by atoms with Gasteiger partial charge >= 0.3 is 23.0 Å². The van der Waals surface area contributed by atoms with Crippen molar-refractivity contribution in [2.45, 2.75) is 57.9 Å². The van der Waals surface area contributed by atoms with E-state index in [-0.39, 0.29) is 23.0 Å². The van der Waals surface area contributed by atoms with Crippen molar-refractivity contribution >= 4 is 17.7 Å². The van der Waals surface area contributed by atoms with Gasteiger partial charge in [0, 0.05) is 0 Å². The quantitative estimate of drug-likeness (QED) is 0.360. The summed E-state index contributed by atoms with van der Waals surface area (Å²) in [5, 5.41) is 0. The molecule has 0 aliphatic heterocycles. The molecule has 2 N–H and O–H groups in total. The maximum absolute atomic E-state index is 11.4. The van der Waals surface area contributed by atoms with Crippen molar-refractivity contribution < 1.29 is 26.6 Å². The molecule has 0 rings (SSSR count). The molecule has 1 atom stereocenters. The van der Waals surface area contributed by atoms with Crippen LogP contribution in [-0.2, 0) is 26.6 Å². The summed E-state index contributed by atoms with van der Waals surface area (Å²) in [5.74, 6) is 0.667. The largest absolute Gasteiger partial charge is 1.00 e. The van der Waals surface area contributed by atoms with Gasteiger partial charge in [0.1, 0.15) is 6.04 Å². The summed E-state index contributed by atoms with van der Waals surface area (Å²) >= 11 is 1.70. The molecular weight excluding hydrogens is 298 g/mol. The van der Waals surface area contributed by atoms with Crippen molar-refractivity contribution in [3.8, 4) is 0 Å². The van der Waals surface area contributed by atoms with Crippen molar-refractivity contribution in [1.82, 2.24) is 0 Å². The van der Waals surface area contributed by atoms with Gasteiger partial charge in [0.25, 0.3) is 0 Å². The molecule has 0 fully saturated rings. The minimum absolute atomic E-state index is 0. The summed E-state index contributed by atoms with van der Waals surface area (Å²) in [6.45, 7) is 2.73. The number of carbonyl (C=O) groups is 1. The predicted molar refractivity (Wildman–Crippen MR) is 75.3 cm³/mol. The summed E-state index contributed by atoms with van der Waals surface area (Å²) in [7, 11) is 0. The number of carbonyl (C=O) groups excluding carboxylic acids is 1. The first-order valence-electron chi connectivity index (χ1n) is 6.63. The van der Waals surface area contributed by atoms with E-state index >= 15 is 0 Å². The Morgan fingerprint density at radius 1 is 1.22 bits per heavy atom. The molecule has 0 bridgehead atoms. The molecule has 0 aromatic rings. The minimum Gasteiger partial charge on any atom is -0.465 e. The number of rotatable bonds is 11. The van der Waals surface area contributed by atoms with Crippen LogP contribution in [0.15, 0.2) is 0 Å². The fourth-order valence-electron chi connectivity index (χ4n) is 1.52. The van der Waals surface area contributed by atoms with E-state index in [2.05, 4.69) is 6.92 Å². The van der Waals surface area contributed by atoms with Gasteiger partial charge in [0.05, 0.1) is 6.61 Å². The number of thioether (sulfide) groups is 1. The number of hydrogen-bond donors (Lipinski definition) is 1. The Balaban J connectivity index is 0. The van der Waals surface area contributed by atoms with Crippen molar-refractivity contribution in [1.29, 1.82) is 0 Å². The van der Waals surface area contributed by atoms with Crippen LogP contribution in [0.1, 0.15) is 51.9 Å². The third-order valence-corrected chi connectivity index (χ3v) is 3.32. The summed E-state index contributed by atoms with van der Waals surface area (Å²) in [5.41, 5.74) is 5.70. The zero-order valence-electron chi connectivity index (χ0n) is 11.5. The summed E-state index contributed by atoms with van der Waals surface area (Å²) in [6.07, 6.45) is 9.92. The Hall–Kier alpha value is 0.299. The molecule has 0 aliphatic rings. The van der Waals surface area contributed by atoms with Crippen LogP contribution in [0.25, 0.3) is 0 Å². The van der Waals surface area contributed by atoms with E-state index in [0.717, 1.165) is 18.6 Å². The van der Waals surface area contributed by atoms with Crippen LogP contribution in [0.2, 0.25) is 0 Å².